The van der Waals surface area contributed by atoms with Crippen molar-refractivity contribution in [2.24, 2.45) is 67.0 Å². The van der Waals surface area contributed by atoms with Crippen molar-refractivity contribution >= 4 is 23.3 Å². The van der Waals surface area contributed by atoms with Crippen LogP contribution < -0.4 is 9.47 Å². The Morgan fingerprint density at radius 3 is 2.11 bits per heavy atom. The summed E-state index contributed by atoms with van der Waals surface area (Å²) in [4.78, 5) is 56.0. The van der Waals surface area contributed by atoms with Crippen LogP contribution in [-0.2, 0) is 24.5 Å². The Bertz CT molecular complexity index is 2570. The number of hydrogen-bond acceptors (Lipinski definition) is 8. The lowest BCUT2D eigenvalue weighted by Crippen LogP contribution is -2.71. The highest BCUT2D eigenvalue weighted by Crippen LogP contribution is 2.78. The number of Topliss-reactive ketones (excluding diaryl/α,β-unsaturated/α-hetero) is 1. The second-order valence-electron chi connectivity index (χ2n) is 26.7. The molecule has 356 valence electrons. The molecule has 1 heterocycles. The topological polar surface area (TPSA) is 116 Å². The Kier molecular flexibility index (Phi) is 8.86. The fourth-order valence-electron chi connectivity index (χ4n) is 19.0. The van der Waals surface area contributed by atoms with E-state index in [2.05, 4.69) is 75.3 Å². The number of benzene rings is 1. The molecule has 1 aromatic carbocycles. The van der Waals surface area contributed by atoms with Crippen LogP contribution in [0.25, 0.3) is 0 Å². The van der Waals surface area contributed by atoms with Crippen LogP contribution in [0.4, 0.5) is 0 Å². The first kappa shape index (κ1) is 45.0. The van der Waals surface area contributed by atoms with Gasteiger partial charge in [-0.05, 0) is 195 Å². The van der Waals surface area contributed by atoms with Gasteiger partial charge in [0.15, 0.2) is 17.3 Å². The minimum atomic E-state index is -2.34. The molecule has 9 aliphatic carbocycles. The highest BCUT2D eigenvalue weighted by atomic mass is 16.7. The summed E-state index contributed by atoms with van der Waals surface area (Å²) in [6, 6.07) is 2.03. The summed E-state index contributed by atoms with van der Waals surface area (Å²) in [6.45, 7) is 27.3. The number of fused-ring (bicyclic) bond motifs is 17. The fraction of sp³-hybridized carbons (Fsp3) is 0.724. The lowest BCUT2D eigenvalue weighted by atomic mass is 9.32. The highest BCUT2D eigenvalue weighted by Gasteiger charge is 2.73. The Hall–Kier alpha value is -3.52. The third-order valence-electron chi connectivity index (χ3n) is 23.9. The summed E-state index contributed by atoms with van der Waals surface area (Å²) in [5, 5.41) is 12.8. The van der Waals surface area contributed by atoms with E-state index in [4.69, 9.17) is 14.2 Å². The zero-order valence-corrected chi connectivity index (χ0v) is 42.3. The number of allylic oxidation sites excluding steroid dienone is 3. The average molecular weight is 901 g/mol. The van der Waals surface area contributed by atoms with E-state index in [0.717, 1.165) is 100 Å². The quantitative estimate of drug-likeness (QED) is 0.277. The van der Waals surface area contributed by atoms with Gasteiger partial charge in [0.1, 0.15) is 5.78 Å². The second kappa shape index (κ2) is 13.0. The van der Waals surface area contributed by atoms with E-state index in [1.165, 1.54) is 12.7 Å². The first-order valence-corrected chi connectivity index (χ1v) is 25.7. The Morgan fingerprint density at radius 1 is 0.742 bits per heavy atom. The molecule has 1 aromatic rings. The van der Waals surface area contributed by atoms with Crippen molar-refractivity contribution < 1.29 is 38.5 Å². The van der Waals surface area contributed by atoms with Crippen molar-refractivity contribution in [2.75, 3.05) is 7.11 Å². The van der Waals surface area contributed by atoms with Crippen molar-refractivity contribution in [3.05, 3.63) is 57.7 Å². The zero-order chi connectivity index (χ0) is 47.6. The van der Waals surface area contributed by atoms with Gasteiger partial charge in [0.05, 0.1) is 12.5 Å². The van der Waals surface area contributed by atoms with Crippen LogP contribution in [0, 0.1) is 73.9 Å². The maximum Gasteiger partial charge on any atom is 0.317 e. The van der Waals surface area contributed by atoms with Crippen LogP contribution in [0.5, 0.6) is 11.5 Å². The van der Waals surface area contributed by atoms with Gasteiger partial charge in [-0.15, -0.1) is 0 Å². The summed E-state index contributed by atoms with van der Waals surface area (Å²) in [5.41, 5.74) is 1.88. The van der Waals surface area contributed by atoms with Crippen LogP contribution in [0.3, 0.4) is 0 Å². The maximum atomic E-state index is 14.8. The number of aliphatic hydroxyl groups is 1. The summed E-state index contributed by atoms with van der Waals surface area (Å²) in [7, 11) is 1.52. The van der Waals surface area contributed by atoms with E-state index in [9.17, 15) is 24.3 Å². The van der Waals surface area contributed by atoms with E-state index in [1.807, 2.05) is 26.0 Å². The van der Waals surface area contributed by atoms with E-state index >= 15 is 0 Å². The molecule has 6 saturated carbocycles. The summed E-state index contributed by atoms with van der Waals surface area (Å²) in [5.74, 6) is -0.906. The van der Waals surface area contributed by atoms with Gasteiger partial charge in [-0.3, -0.25) is 19.2 Å². The molecular weight excluding hydrogens is 825 g/mol. The molecule has 0 bridgehead atoms. The SMILES string of the molecule is COC(=O)C1(C)CCC2(C)CCC3(C)C4CC=C5C(=CC(=O)C6(O)Oc7c(cc8c(c7C)C(=O)C=C7C8(C)CCC8(C)C9CC(C)C(=O)CC9(C)CCC78C)OC56C)C4(C)CCC3(C)C2C1. The molecule has 66 heavy (non-hydrogen) atoms. The minimum absolute atomic E-state index is 0.0330. The molecule has 0 aromatic heterocycles. The summed E-state index contributed by atoms with van der Waals surface area (Å²) in [6.07, 6.45) is 18.6. The number of ketones is 3. The normalized spacial score (nSPS) is 50.8. The molecule has 15 atom stereocenters. The standard InChI is InChI=1S/C58H76O8/c1-32-26-41-49(4,30-38(32)60)19-23-55(10)42-29-37(59)45-33(2)46-39(27-36(45)52(42,7)21-24-54(41,55)9)65-57(12)34-14-15-40-51(6,35(34)28-44(61)58(57,63)66-46)20-25-56(11)43-31-50(5,47(62)64-13)17-16-48(43,3)18-22-53(40,56)8/h14,27-29,32,40-41,43,63H,15-26,30-31H2,1-13H3. The van der Waals surface area contributed by atoms with Gasteiger partial charge < -0.3 is 19.3 Å². The van der Waals surface area contributed by atoms with Gasteiger partial charge in [0.25, 0.3) is 0 Å². The smallest absolute Gasteiger partial charge is 0.317 e. The number of carbonyl (C=O) groups is 4. The summed E-state index contributed by atoms with van der Waals surface area (Å²) >= 11 is 0. The molecular formula is C58H76O8. The van der Waals surface area contributed by atoms with Gasteiger partial charge in [-0.2, -0.15) is 0 Å². The Balaban J connectivity index is 0.966. The molecule has 8 nitrogen and oxygen atoms in total. The highest BCUT2D eigenvalue weighted by molar-refractivity contribution is 6.10. The first-order chi connectivity index (χ1) is 30.6. The average Bonchev–Trinajstić information content (AvgIpc) is 3.25. The Labute approximate surface area is 393 Å². The third kappa shape index (κ3) is 4.97. The number of carbonyl (C=O) groups excluding carboxylic acids is 4. The molecule has 0 radical (unpaired) electrons. The number of methoxy groups -OCH3 is 1. The van der Waals surface area contributed by atoms with Gasteiger partial charge in [-0.25, -0.2) is 0 Å². The molecule has 1 N–H and O–H groups in total. The largest absolute Gasteiger partial charge is 0.471 e. The molecule has 0 spiro atoms. The van der Waals surface area contributed by atoms with Crippen molar-refractivity contribution in [1.82, 2.24) is 0 Å². The van der Waals surface area contributed by atoms with Crippen molar-refractivity contribution in [3.8, 4) is 11.5 Å². The van der Waals surface area contributed by atoms with Gasteiger partial charge >= 0.3 is 11.8 Å². The number of hydrogen-bond donors (Lipinski definition) is 1. The molecule has 10 aliphatic rings. The fourth-order valence-corrected chi connectivity index (χ4v) is 19.0. The van der Waals surface area contributed by atoms with Crippen LogP contribution in [0.1, 0.15) is 188 Å². The van der Waals surface area contributed by atoms with Crippen molar-refractivity contribution in [3.63, 3.8) is 0 Å². The minimum Gasteiger partial charge on any atom is -0.471 e. The van der Waals surface area contributed by atoms with Crippen molar-refractivity contribution in [2.45, 2.75) is 190 Å². The van der Waals surface area contributed by atoms with E-state index in [1.54, 1.807) is 6.08 Å². The van der Waals surface area contributed by atoms with E-state index in [0.29, 0.717) is 40.9 Å². The first-order valence-electron chi connectivity index (χ1n) is 25.7. The molecule has 11 rings (SSSR count). The molecule has 6 fully saturated rings. The van der Waals surface area contributed by atoms with Crippen LogP contribution in [-0.4, -0.2) is 46.9 Å². The number of rotatable bonds is 1. The summed E-state index contributed by atoms with van der Waals surface area (Å²) < 4.78 is 19.3. The predicted molar refractivity (Wildman–Crippen MR) is 253 cm³/mol. The van der Waals surface area contributed by atoms with Crippen LogP contribution in [0.15, 0.2) is 41.0 Å². The maximum absolute atomic E-state index is 14.8. The molecule has 1 aliphatic heterocycles. The van der Waals surface area contributed by atoms with Gasteiger partial charge in [0.2, 0.25) is 11.4 Å². The van der Waals surface area contributed by atoms with Gasteiger partial charge in [0, 0.05) is 34.5 Å². The molecule has 0 amide bonds. The van der Waals surface area contributed by atoms with E-state index < -0.39 is 28.0 Å². The van der Waals surface area contributed by atoms with Gasteiger partial charge in [-0.1, -0.05) is 68.4 Å². The molecule has 15 unspecified atom stereocenters. The lowest BCUT2D eigenvalue weighted by Gasteiger charge is -2.72. The lowest BCUT2D eigenvalue weighted by molar-refractivity contribution is -0.236. The van der Waals surface area contributed by atoms with Crippen LogP contribution >= 0.6 is 0 Å². The zero-order valence-electron chi connectivity index (χ0n) is 42.3. The second-order valence-corrected chi connectivity index (χ2v) is 26.7. The molecule has 8 heteroatoms. The number of ether oxygens (including phenoxy) is 3. The van der Waals surface area contributed by atoms with Crippen LogP contribution in [0.2, 0.25) is 0 Å². The Morgan fingerprint density at radius 2 is 1.39 bits per heavy atom. The predicted octanol–water partition coefficient (Wildman–Crippen LogP) is 11.9. The van der Waals surface area contributed by atoms with Crippen molar-refractivity contribution in [1.29, 1.82) is 0 Å². The number of esters is 1. The van der Waals surface area contributed by atoms with E-state index in [-0.39, 0.29) is 67.2 Å². The monoisotopic (exact) mass is 901 g/mol. The molecule has 0 saturated heterocycles. The third-order valence-corrected chi connectivity index (χ3v) is 23.9.